The first-order valence-corrected chi connectivity index (χ1v) is 5.49. The smallest absolute Gasteiger partial charge is 0.244 e. The van der Waals surface area contributed by atoms with Crippen molar-refractivity contribution in [3.63, 3.8) is 0 Å². The van der Waals surface area contributed by atoms with E-state index in [0.29, 0.717) is 11.8 Å². The van der Waals surface area contributed by atoms with Crippen molar-refractivity contribution in [2.24, 2.45) is 17.3 Å². The van der Waals surface area contributed by atoms with E-state index in [2.05, 4.69) is 0 Å². The molecule has 0 aromatic heterocycles. The lowest BCUT2D eigenvalue weighted by Crippen LogP contribution is -2.70. The van der Waals surface area contributed by atoms with Crippen LogP contribution in [0.5, 0.6) is 0 Å². The molecule has 0 aromatic carbocycles. The molecule has 2 amide bonds. The summed E-state index contributed by atoms with van der Waals surface area (Å²) < 4.78 is 0. The number of rotatable bonds is 0. The van der Waals surface area contributed by atoms with Crippen LogP contribution in [0, 0.1) is 17.3 Å². The maximum atomic E-state index is 11.8. The summed E-state index contributed by atoms with van der Waals surface area (Å²) in [6.45, 7) is 0. The fourth-order valence-electron chi connectivity index (χ4n) is 3.73. The standard InChI is InChI=1S/C11H15NO2/c1-12-9(13)11(10(12)14)6-7-2-4-8(11)5-3-7/h7-8H,2-6H2,1H3. The Morgan fingerprint density at radius 3 is 2.14 bits per heavy atom. The van der Waals surface area contributed by atoms with Gasteiger partial charge in [-0.3, -0.25) is 14.5 Å². The Balaban J connectivity index is 1.98. The number of amides is 2. The van der Waals surface area contributed by atoms with Crippen LogP contribution in [-0.4, -0.2) is 23.8 Å². The average Bonchev–Trinajstić information content (AvgIpc) is 2.28. The van der Waals surface area contributed by atoms with Crippen molar-refractivity contribution >= 4 is 11.8 Å². The fraction of sp³-hybridized carbons (Fsp3) is 0.818. The number of β-lactam (4-membered cyclic amide) rings is 2. The molecule has 1 saturated heterocycles. The number of imide groups is 1. The number of carbonyl (C=O) groups excluding carboxylic acids is 2. The number of hydrogen-bond donors (Lipinski definition) is 0. The lowest BCUT2D eigenvalue weighted by molar-refractivity contribution is -0.188. The van der Waals surface area contributed by atoms with E-state index in [1.165, 1.54) is 17.7 Å². The Hall–Kier alpha value is -0.860. The van der Waals surface area contributed by atoms with E-state index in [1.54, 1.807) is 7.05 Å². The van der Waals surface area contributed by atoms with E-state index in [0.717, 1.165) is 19.3 Å². The van der Waals surface area contributed by atoms with E-state index >= 15 is 0 Å². The van der Waals surface area contributed by atoms with E-state index in [-0.39, 0.29) is 11.8 Å². The van der Waals surface area contributed by atoms with Gasteiger partial charge >= 0.3 is 0 Å². The predicted octanol–water partition coefficient (Wildman–Crippen LogP) is 1.18. The minimum Gasteiger partial charge on any atom is -0.284 e. The highest BCUT2D eigenvalue weighted by Gasteiger charge is 2.66. The van der Waals surface area contributed by atoms with Crippen LogP contribution < -0.4 is 0 Å². The van der Waals surface area contributed by atoms with Gasteiger partial charge in [-0.15, -0.1) is 0 Å². The summed E-state index contributed by atoms with van der Waals surface area (Å²) in [6, 6.07) is 0. The van der Waals surface area contributed by atoms with Crippen LogP contribution in [0.1, 0.15) is 32.1 Å². The van der Waals surface area contributed by atoms with Gasteiger partial charge in [0.05, 0.1) is 0 Å². The third kappa shape index (κ3) is 0.711. The number of nitrogens with zero attached hydrogens (tertiary/aromatic N) is 1. The molecule has 0 atom stereocenters. The van der Waals surface area contributed by atoms with E-state index < -0.39 is 5.41 Å². The highest BCUT2D eigenvalue weighted by Crippen LogP contribution is 2.57. The molecule has 1 spiro atoms. The second kappa shape index (κ2) is 2.38. The molecule has 76 valence electrons. The first-order valence-electron chi connectivity index (χ1n) is 5.49. The van der Waals surface area contributed by atoms with Gasteiger partial charge in [0.1, 0.15) is 5.41 Å². The molecule has 4 rings (SSSR count). The molecule has 3 heteroatoms. The van der Waals surface area contributed by atoms with Crippen molar-refractivity contribution in [2.75, 3.05) is 7.05 Å². The topological polar surface area (TPSA) is 37.4 Å². The molecule has 0 unspecified atom stereocenters. The van der Waals surface area contributed by atoms with Gasteiger partial charge in [0.25, 0.3) is 0 Å². The van der Waals surface area contributed by atoms with Gasteiger partial charge in [-0.05, 0) is 31.1 Å². The van der Waals surface area contributed by atoms with E-state index in [1.807, 2.05) is 0 Å². The number of fused-ring (bicyclic) bond motifs is 2. The molecule has 1 aliphatic heterocycles. The van der Waals surface area contributed by atoms with Crippen LogP contribution >= 0.6 is 0 Å². The Bertz CT molecular complexity index is 299. The van der Waals surface area contributed by atoms with Crippen molar-refractivity contribution < 1.29 is 9.59 Å². The van der Waals surface area contributed by atoms with Gasteiger partial charge in [0.2, 0.25) is 11.8 Å². The summed E-state index contributed by atoms with van der Waals surface area (Å²) in [5, 5.41) is 0. The van der Waals surface area contributed by atoms with Crippen molar-refractivity contribution in [1.29, 1.82) is 0 Å². The van der Waals surface area contributed by atoms with Gasteiger partial charge in [-0.2, -0.15) is 0 Å². The van der Waals surface area contributed by atoms with Gasteiger partial charge < -0.3 is 0 Å². The molecule has 4 fully saturated rings. The lowest BCUT2D eigenvalue weighted by atomic mass is 9.52. The largest absolute Gasteiger partial charge is 0.284 e. The van der Waals surface area contributed by atoms with Crippen LogP contribution in [0.3, 0.4) is 0 Å². The Labute approximate surface area is 83.5 Å². The van der Waals surface area contributed by atoms with Gasteiger partial charge in [0.15, 0.2) is 0 Å². The average molecular weight is 193 g/mol. The Kier molecular flexibility index (Phi) is 1.44. The third-order valence-corrected chi connectivity index (χ3v) is 4.53. The van der Waals surface area contributed by atoms with Crippen LogP contribution in [0.4, 0.5) is 0 Å². The highest BCUT2D eigenvalue weighted by atomic mass is 16.2. The molecule has 3 aliphatic carbocycles. The van der Waals surface area contributed by atoms with Crippen LogP contribution in [0.15, 0.2) is 0 Å². The Morgan fingerprint density at radius 2 is 1.71 bits per heavy atom. The van der Waals surface area contributed by atoms with Crippen LogP contribution in [0.25, 0.3) is 0 Å². The fourth-order valence-corrected chi connectivity index (χ4v) is 3.73. The minimum atomic E-state index is -0.546. The monoisotopic (exact) mass is 193 g/mol. The van der Waals surface area contributed by atoms with E-state index in [9.17, 15) is 9.59 Å². The first kappa shape index (κ1) is 8.45. The summed E-state index contributed by atoms with van der Waals surface area (Å²) in [5.41, 5.74) is -0.546. The van der Waals surface area contributed by atoms with Crippen LogP contribution in [-0.2, 0) is 9.59 Å². The molecule has 0 aromatic rings. The molecule has 14 heavy (non-hydrogen) atoms. The highest BCUT2D eigenvalue weighted by molar-refractivity contribution is 6.21. The van der Waals surface area contributed by atoms with Crippen molar-refractivity contribution in [3.05, 3.63) is 0 Å². The molecule has 4 aliphatic rings. The normalized spacial score (nSPS) is 39.1. The third-order valence-electron chi connectivity index (χ3n) is 4.53. The van der Waals surface area contributed by atoms with Gasteiger partial charge in [-0.25, -0.2) is 0 Å². The molecule has 3 saturated carbocycles. The summed E-state index contributed by atoms with van der Waals surface area (Å²) >= 11 is 0. The SMILES string of the molecule is CN1C(=O)C2(CC3CCC2CC3)C1=O. The molecular weight excluding hydrogens is 178 g/mol. The molecule has 0 N–H and O–H groups in total. The summed E-state index contributed by atoms with van der Waals surface area (Å²) in [4.78, 5) is 25.0. The first-order chi connectivity index (χ1) is 6.66. The number of hydrogen-bond acceptors (Lipinski definition) is 2. The maximum Gasteiger partial charge on any atom is 0.244 e. The van der Waals surface area contributed by atoms with E-state index in [4.69, 9.17) is 0 Å². The zero-order valence-electron chi connectivity index (χ0n) is 8.45. The quantitative estimate of drug-likeness (QED) is 0.428. The summed E-state index contributed by atoms with van der Waals surface area (Å²) in [6.07, 6.45) is 5.50. The molecule has 2 bridgehead atoms. The van der Waals surface area contributed by atoms with Crippen molar-refractivity contribution in [1.82, 2.24) is 4.90 Å². The maximum absolute atomic E-state index is 11.8. The van der Waals surface area contributed by atoms with Crippen molar-refractivity contribution in [3.8, 4) is 0 Å². The van der Waals surface area contributed by atoms with Gasteiger partial charge in [0, 0.05) is 7.05 Å². The molecule has 1 heterocycles. The Morgan fingerprint density at radius 1 is 1.14 bits per heavy atom. The van der Waals surface area contributed by atoms with Crippen LogP contribution in [0.2, 0.25) is 0 Å². The van der Waals surface area contributed by atoms with Crippen molar-refractivity contribution in [2.45, 2.75) is 32.1 Å². The number of carbonyl (C=O) groups is 2. The molecular formula is C11H15NO2. The molecule has 0 radical (unpaired) electrons. The zero-order chi connectivity index (χ0) is 9.92. The summed E-state index contributed by atoms with van der Waals surface area (Å²) in [7, 11) is 1.61. The summed E-state index contributed by atoms with van der Waals surface area (Å²) in [5.74, 6) is 1.19. The zero-order valence-corrected chi connectivity index (χ0v) is 8.45. The number of likely N-dealkylation sites (tertiary alicyclic amines) is 1. The second-order valence-electron chi connectivity index (χ2n) is 5.06. The molecule has 3 nitrogen and oxygen atoms in total. The minimum absolute atomic E-state index is 0.0944. The predicted molar refractivity (Wildman–Crippen MR) is 50.3 cm³/mol. The van der Waals surface area contributed by atoms with Gasteiger partial charge in [-0.1, -0.05) is 12.8 Å². The lowest BCUT2D eigenvalue weighted by Gasteiger charge is -2.56. The second-order valence-corrected chi connectivity index (χ2v) is 5.06.